The van der Waals surface area contributed by atoms with Gasteiger partial charge >= 0.3 is 0 Å². The van der Waals surface area contributed by atoms with Crippen LogP contribution in [0.2, 0.25) is 0 Å². The third-order valence-corrected chi connectivity index (χ3v) is 2.04. The van der Waals surface area contributed by atoms with Crippen molar-refractivity contribution in [1.29, 1.82) is 5.26 Å². The predicted molar refractivity (Wildman–Crippen MR) is 58.6 cm³/mol. The molecule has 0 aliphatic carbocycles. The topological polar surface area (TPSA) is 36.9 Å². The first-order valence-electron chi connectivity index (χ1n) is 4.61. The second kappa shape index (κ2) is 4.30. The monoisotopic (exact) mass is 195 g/mol. The Morgan fingerprint density at radius 1 is 1.13 bits per heavy atom. The van der Waals surface area contributed by atoms with Crippen LogP contribution in [0.25, 0.3) is 11.6 Å². The van der Waals surface area contributed by atoms with Crippen molar-refractivity contribution in [1.82, 2.24) is 0 Å². The Kier molecular flexibility index (Phi) is 2.66. The van der Waals surface area contributed by atoms with Crippen molar-refractivity contribution in [3.63, 3.8) is 0 Å². The summed E-state index contributed by atoms with van der Waals surface area (Å²) in [6.45, 7) is 0. The fourth-order valence-electron chi connectivity index (χ4n) is 1.31. The smallest absolute Gasteiger partial charge is 0.127 e. The van der Waals surface area contributed by atoms with Crippen molar-refractivity contribution < 1.29 is 4.42 Å². The second-order valence-corrected chi connectivity index (χ2v) is 3.05. The standard InChI is InChI=1S/C13H9NO/c14-10-12(9-13-7-4-8-15-13)11-5-2-1-3-6-11/h1-9H/b12-9+. The average molecular weight is 195 g/mol. The molecule has 2 nitrogen and oxygen atoms in total. The molecule has 0 radical (unpaired) electrons. The highest BCUT2D eigenvalue weighted by Crippen LogP contribution is 2.17. The Morgan fingerprint density at radius 3 is 2.53 bits per heavy atom. The number of allylic oxidation sites excluding steroid dienone is 1. The zero-order valence-corrected chi connectivity index (χ0v) is 8.05. The van der Waals surface area contributed by atoms with Gasteiger partial charge in [0.25, 0.3) is 0 Å². The zero-order valence-electron chi connectivity index (χ0n) is 8.05. The van der Waals surface area contributed by atoms with Gasteiger partial charge in [0.1, 0.15) is 5.76 Å². The van der Waals surface area contributed by atoms with Gasteiger partial charge in [0.15, 0.2) is 0 Å². The van der Waals surface area contributed by atoms with Crippen LogP contribution >= 0.6 is 0 Å². The van der Waals surface area contributed by atoms with Crippen molar-refractivity contribution in [2.45, 2.75) is 0 Å². The molecular formula is C13H9NO. The molecule has 0 spiro atoms. The molecule has 72 valence electrons. The molecule has 0 atom stereocenters. The largest absolute Gasteiger partial charge is 0.465 e. The van der Waals surface area contributed by atoms with E-state index in [2.05, 4.69) is 6.07 Å². The summed E-state index contributed by atoms with van der Waals surface area (Å²) >= 11 is 0. The first-order valence-corrected chi connectivity index (χ1v) is 4.61. The van der Waals surface area contributed by atoms with Crippen LogP contribution < -0.4 is 0 Å². The first-order chi connectivity index (χ1) is 7.40. The Morgan fingerprint density at radius 2 is 1.93 bits per heavy atom. The Labute approximate surface area is 88.1 Å². The number of hydrogen-bond donors (Lipinski definition) is 0. The molecule has 0 aliphatic heterocycles. The summed E-state index contributed by atoms with van der Waals surface area (Å²) in [6.07, 6.45) is 3.32. The molecule has 0 amide bonds. The summed E-state index contributed by atoms with van der Waals surface area (Å²) in [6, 6.07) is 15.3. The van der Waals surface area contributed by atoms with E-state index >= 15 is 0 Å². The molecule has 0 saturated carbocycles. The minimum absolute atomic E-state index is 0.602. The summed E-state index contributed by atoms with van der Waals surface area (Å²) in [5.74, 6) is 0.690. The molecule has 0 fully saturated rings. The summed E-state index contributed by atoms with van der Waals surface area (Å²) < 4.78 is 5.16. The summed E-state index contributed by atoms with van der Waals surface area (Å²) in [7, 11) is 0. The highest BCUT2D eigenvalue weighted by molar-refractivity contribution is 5.88. The molecule has 15 heavy (non-hydrogen) atoms. The van der Waals surface area contributed by atoms with Gasteiger partial charge in [0.2, 0.25) is 0 Å². The van der Waals surface area contributed by atoms with E-state index in [1.807, 2.05) is 36.4 Å². The summed E-state index contributed by atoms with van der Waals surface area (Å²) in [5, 5.41) is 9.02. The molecule has 2 aromatic rings. The first kappa shape index (κ1) is 9.29. The van der Waals surface area contributed by atoms with Gasteiger partial charge in [-0.1, -0.05) is 30.3 Å². The van der Waals surface area contributed by atoms with Crippen LogP contribution in [-0.4, -0.2) is 0 Å². The van der Waals surface area contributed by atoms with E-state index in [4.69, 9.17) is 9.68 Å². The lowest BCUT2D eigenvalue weighted by molar-refractivity contribution is 0.557. The van der Waals surface area contributed by atoms with Gasteiger partial charge in [-0.3, -0.25) is 0 Å². The molecular weight excluding hydrogens is 186 g/mol. The molecule has 0 aliphatic rings. The maximum absolute atomic E-state index is 9.02. The van der Waals surface area contributed by atoms with Crippen LogP contribution in [0.15, 0.2) is 53.1 Å². The highest BCUT2D eigenvalue weighted by atomic mass is 16.3. The number of nitrogens with zero attached hydrogens (tertiary/aromatic N) is 1. The molecule has 0 saturated heterocycles. The van der Waals surface area contributed by atoms with Gasteiger partial charge in [0, 0.05) is 0 Å². The lowest BCUT2D eigenvalue weighted by Gasteiger charge is -1.96. The Hall–Kier alpha value is -2.27. The van der Waals surface area contributed by atoms with Crippen molar-refractivity contribution in [3.8, 4) is 6.07 Å². The van der Waals surface area contributed by atoms with Gasteiger partial charge in [-0.25, -0.2) is 0 Å². The predicted octanol–water partition coefficient (Wildman–Crippen LogP) is 3.34. The fourth-order valence-corrected chi connectivity index (χ4v) is 1.31. The van der Waals surface area contributed by atoms with E-state index in [1.54, 1.807) is 18.4 Å². The summed E-state index contributed by atoms with van der Waals surface area (Å²) in [4.78, 5) is 0. The lowest BCUT2D eigenvalue weighted by atomic mass is 10.1. The Bertz CT molecular complexity index is 489. The molecule has 1 aromatic carbocycles. The average Bonchev–Trinajstić information content (AvgIpc) is 2.80. The van der Waals surface area contributed by atoms with E-state index in [9.17, 15) is 0 Å². The molecule has 2 rings (SSSR count). The SMILES string of the molecule is N#C/C(=C\c1ccco1)c1ccccc1. The van der Waals surface area contributed by atoms with Crippen LogP contribution in [0.1, 0.15) is 11.3 Å². The lowest BCUT2D eigenvalue weighted by Crippen LogP contribution is -1.79. The zero-order chi connectivity index (χ0) is 10.5. The number of nitriles is 1. The van der Waals surface area contributed by atoms with Crippen LogP contribution in [0.4, 0.5) is 0 Å². The quantitative estimate of drug-likeness (QED) is 0.689. The van der Waals surface area contributed by atoms with Crippen molar-refractivity contribution in [2.75, 3.05) is 0 Å². The van der Waals surface area contributed by atoms with Crippen molar-refractivity contribution >= 4 is 11.6 Å². The van der Waals surface area contributed by atoms with Gasteiger partial charge in [0.05, 0.1) is 17.9 Å². The number of furan rings is 1. The molecule has 1 aromatic heterocycles. The maximum atomic E-state index is 9.02. The highest BCUT2D eigenvalue weighted by Gasteiger charge is 2.00. The molecule has 2 heteroatoms. The molecule has 0 N–H and O–H groups in total. The van der Waals surface area contributed by atoms with E-state index in [0.717, 1.165) is 5.56 Å². The van der Waals surface area contributed by atoms with Crippen LogP contribution in [0.5, 0.6) is 0 Å². The van der Waals surface area contributed by atoms with Gasteiger partial charge < -0.3 is 4.42 Å². The Balaban J connectivity index is 2.38. The third-order valence-electron chi connectivity index (χ3n) is 2.04. The minimum atomic E-state index is 0.602. The number of hydrogen-bond acceptors (Lipinski definition) is 2. The van der Waals surface area contributed by atoms with Crippen LogP contribution in [0, 0.1) is 11.3 Å². The van der Waals surface area contributed by atoms with Crippen molar-refractivity contribution in [3.05, 3.63) is 60.1 Å². The number of benzene rings is 1. The normalized spacial score (nSPS) is 11.0. The third kappa shape index (κ3) is 2.15. The van der Waals surface area contributed by atoms with Gasteiger partial charge in [-0.2, -0.15) is 5.26 Å². The van der Waals surface area contributed by atoms with E-state index in [1.165, 1.54) is 0 Å². The van der Waals surface area contributed by atoms with E-state index in [0.29, 0.717) is 11.3 Å². The van der Waals surface area contributed by atoms with Crippen molar-refractivity contribution in [2.24, 2.45) is 0 Å². The number of rotatable bonds is 2. The van der Waals surface area contributed by atoms with Gasteiger partial charge in [-0.15, -0.1) is 0 Å². The fraction of sp³-hybridized carbons (Fsp3) is 0. The molecule has 0 unspecified atom stereocenters. The molecule has 1 heterocycles. The maximum Gasteiger partial charge on any atom is 0.127 e. The van der Waals surface area contributed by atoms with Gasteiger partial charge in [-0.05, 0) is 23.8 Å². The second-order valence-electron chi connectivity index (χ2n) is 3.05. The van der Waals surface area contributed by atoms with E-state index in [-0.39, 0.29) is 0 Å². The minimum Gasteiger partial charge on any atom is -0.465 e. The van der Waals surface area contributed by atoms with E-state index < -0.39 is 0 Å². The molecule has 0 bridgehead atoms. The van der Waals surface area contributed by atoms with Crippen LogP contribution in [-0.2, 0) is 0 Å². The summed E-state index contributed by atoms with van der Waals surface area (Å²) in [5.41, 5.74) is 1.50. The van der Waals surface area contributed by atoms with Crippen LogP contribution in [0.3, 0.4) is 0 Å².